The molecule has 1 aromatic carbocycles. The Bertz CT molecular complexity index is 343. The lowest BCUT2D eigenvalue weighted by atomic mass is 10.1. The first-order valence-electron chi connectivity index (χ1n) is 5.27. The molecule has 1 saturated heterocycles. The van der Waals surface area contributed by atoms with Crippen molar-refractivity contribution in [1.82, 2.24) is 5.32 Å². The Morgan fingerprint density at radius 1 is 1.20 bits per heavy atom. The van der Waals surface area contributed by atoms with Gasteiger partial charge in [0.15, 0.2) is 0 Å². The van der Waals surface area contributed by atoms with Crippen molar-refractivity contribution in [2.24, 2.45) is 0 Å². The van der Waals surface area contributed by atoms with Gasteiger partial charge >= 0.3 is 0 Å². The van der Waals surface area contributed by atoms with E-state index in [9.17, 15) is 0 Å². The smallest absolute Gasteiger partial charge is 0.0440 e. The Morgan fingerprint density at radius 3 is 2.67 bits per heavy atom. The van der Waals surface area contributed by atoms with Crippen LogP contribution >= 0.6 is 12.6 Å². The molecule has 0 amide bonds. The quantitative estimate of drug-likeness (QED) is 0.741. The second-order valence-electron chi connectivity index (χ2n) is 3.61. The Labute approximate surface area is 96.4 Å². The molecule has 1 N–H and O–H groups in total. The molecule has 2 nitrogen and oxygen atoms in total. The van der Waals surface area contributed by atoms with Gasteiger partial charge in [-0.25, -0.2) is 0 Å². The molecule has 1 heterocycles. The van der Waals surface area contributed by atoms with Crippen molar-refractivity contribution in [3.63, 3.8) is 0 Å². The van der Waals surface area contributed by atoms with Gasteiger partial charge in [0.25, 0.3) is 0 Å². The van der Waals surface area contributed by atoms with Crippen molar-refractivity contribution >= 4 is 24.4 Å². The normalized spacial score (nSPS) is 17.3. The number of piperazine rings is 1. The fraction of sp³-hybridized carbons (Fsp3) is 0.333. The lowest BCUT2D eigenvalue weighted by molar-refractivity contribution is 0.589. The minimum absolute atomic E-state index is 1.07. The maximum Gasteiger partial charge on any atom is 0.0440 e. The monoisotopic (exact) mass is 220 g/mol. The molecule has 0 saturated carbocycles. The van der Waals surface area contributed by atoms with Gasteiger partial charge in [0, 0.05) is 31.9 Å². The van der Waals surface area contributed by atoms with Crippen LogP contribution in [-0.4, -0.2) is 26.2 Å². The Hall–Kier alpha value is -0.930. The zero-order valence-electron chi connectivity index (χ0n) is 8.69. The summed E-state index contributed by atoms with van der Waals surface area (Å²) in [4.78, 5) is 2.42. The van der Waals surface area contributed by atoms with Gasteiger partial charge in [0.05, 0.1) is 0 Å². The summed E-state index contributed by atoms with van der Waals surface area (Å²) in [5.41, 5.74) is 2.55. The van der Waals surface area contributed by atoms with Crippen LogP contribution in [0.5, 0.6) is 0 Å². The third kappa shape index (κ3) is 2.55. The summed E-state index contributed by atoms with van der Waals surface area (Å²) in [5, 5.41) is 5.15. The molecule has 1 fully saturated rings. The van der Waals surface area contributed by atoms with E-state index in [-0.39, 0.29) is 0 Å². The van der Waals surface area contributed by atoms with Crippen LogP contribution in [0.15, 0.2) is 29.7 Å². The second-order valence-corrected chi connectivity index (χ2v) is 3.91. The SMILES string of the molecule is S/C=C\c1ccccc1N1CCNCC1. The zero-order valence-corrected chi connectivity index (χ0v) is 9.58. The largest absolute Gasteiger partial charge is 0.369 e. The van der Waals surface area contributed by atoms with Crippen LogP contribution in [0, 0.1) is 0 Å². The van der Waals surface area contributed by atoms with Crippen molar-refractivity contribution in [1.29, 1.82) is 0 Å². The highest BCUT2D eigenvalue weighted by Gasteiger charge is 2.11. The lowest BCUT2D eigenvalue weighted by Crippen LogP contribution is -2.43. The molecule has 1 aromatic rings. The molecule has 0 aromatic heterocycles. The fourth-order valence-corrected chi connectivity index (χ4v) is 2.06. The van der Waals surface area contributed by atoms with E-state index in [1.165, 1.54) is 11.3 Å². The highest BCUT2D eigenvalue weighted by Crippen LogP contribution is 2.22. The van der Waals surface area contributed by atoms with Gasteiger partial charge in [-0.3, -0.25) is 0 Å². The van der Waals surface area contributed by atoms with Crippen LogP contribution in [0.2, 0.25) is 0 Å². The minimum Gasteiger partial charge on any atom is -0.369 e. The van der Waals surface area contributed by atoms with E-state index < -0.39 is 0 Å². The number of hydrogen-bond acceptors (Lipinski definition) is 3. The lowest BCUT2D eigenvalue weighted by Gasteiger charge is -2.30. The number of thiol groups is 1. The molecule has 80 valence electrons. The average Bonchev–Trinajstić information content (AvgIpc) is 2.31. The molecule has 0 bridgehead atoms. The van der Waals surface area contributed by atoms with E-state index in [2.05, 4.69) is 47.1 Å². The van der Waals surface area contributed by atoms with Gasteiger partial charge in [-0.05, 0) is 23.1 Å². The molecule has 0 atom stereocenters. The fourth-order valence-electron chi connectivity index (χ4n) is 1.90. The van der Waals surface area contributed by atoms with Gasteiger partial charge in [0.1, 0.15) is 0 Å². The van der Waals surface area contributed by atoms with Gasteiger partial charge in [-0.15, -0.1) is 0 Å². The predicted octanol–water partition coefficient (Wildman–Crippen LogP) is 2.00. The molecule has 3 heteroatoms. The maximum absolute atomic E-state index is 4.13. The highest BCUT2D eigenvalue weighted by atomic mass is 32.1. The van der Waals surface area contributed by atoms with Crippen LogP contribution in [0.25, 0.3) is 6.08 Å². The molecular formula is C12H16N2S. The van der Waals surface area contributed by atoms with Gasteiger partial charge < -0.3 is 10.2 Å². The minimum atomic E-state index is 1.07. The number of hydrogen-bond donors (Lipinski definition) is 2. The Balaban J connectivity index is 2.25. The van der Waals surface area contributed by atoms with Crippen LogP contribution in [0.3, 0.4) is 0 Å². The van der Waals surface area contributed by atoms with Crippen molar-refractivity contribution in [2.45, 2.75) is 0 Å². The van der Waals surface area contributed by atoms with Crippen molar-refractivity contribution in [2.75, 3.05) is 31.1 Å². The number of para-hydroxylation sites is 1. The first kappa shape index (κ1) is 10.6. The van der Waals surface area contributed by atoms with E-state index in [1.807, 2.05) is 6.08 Å². The van der Waals surface area contributed by atoms with Crippen molar-refractivity contribution in [3.05, 3.63) is 35.2 Å². The second kappa shape index (κ2) is 5.24. The van der Waals surface area contributed by atoms with E-state index in [1.54, 1.807) is 5.41 Å². The van der Waals surface area contributed by atoms with Crippen LogP contribution < -0.4 is 10.2 Å². The summed E-state index contributed by atoms with van der Waals surface area (Å²) in [6, 6.07) is 8.46. The summed E-state index contributed by atoms with van der Waals surface area (Å²) < 4.78 is 0. The number of nitrogens with one attached hydrogen (secondary N) is 1. The van der Waals surface area contributed by atoms with Crippen LogP contribution in [-0.2, 0) is 0 Å². The maximum atomic E-state index is 4.13. The topological polar surface area (TPSA) is 15.3 Å². The van der Waals surface area contributed by atoms with E-state index in [4.69, 9.17) is 0 Å². The van der Waals surface area contributed by atoms with Crippen molar-refractivity contribution in [3.8, 4) is 0 Å². The Kier molecular flexibility index (Phi) is 3.69. The third-order valence-electron chi connectivity index (χ3n) is 2.65. The van der Waals surface area contributed by atoms with E-state index >= 15 is 0 Å². The number of benzene rings is 1. The summed E-state index contributed by atoms with van der Waals surface area (Å²) in [7, 11) is 0. The van der Waals surface area contributed by atoms with E-state index in [0.717, 1.165) is 26.2 Å². The molecule has 1 aliphatic heterocycles. The summed E-state index contributed by atoms with van der Waals surface area (Å²) in [5.74, 6) is 0. The number of anilines is 1. The number of rotatable bonds is 2. The highest BCUT2D eigenvalue weighted by molar-refractivity contribution is 7.83. The zero-order chi connectivity index (χ0) is 10.5. The van der Waals surface area contributed by atoms with Crippen molar-refractivity contribution < 1.29 is 0 Å². The standard InChI is InChI=1S/C12H16N2S/c15-10-5-11-3-1-2-4-12(11)14-8-6-13-7-9-14/h1-5,10,13,15H,6-9H2/b10-5-. The third-order valence-corrected chi connectivity index (χ3v) is 2.80. The molecule has 0 radical (unpaired) electrons. The molecule has 0 unspecified atom stereocenters. The first-order valence-corrected chi connectivity index (χ1v) is 5.79. The molecular weight excluding hydrogens is 204 g/mol. The molecule has 2 rings (SSSR count). The summed E-state index contributed by atoms with van der Waals surface area (Å²) in [6.07, 6.45) is 2.04. The number of nitrogens with zero attached hydrogens (tertiary/aromatic N) is 1. The first-order chi connectivity index (χ1) is 7.42. The van der Waals surface area contributed by atoms with Gasteiger partial charge in [-0.1, -0.05) is 18.2 Å². The molecule has 0 spiro atoms. The van der Waals surface area contributed by atoms with Gasteiger partial charge in [-0.2, -0.15) is 12.6 Å². The Morgan fingerprint density at radius 2 is 1.93 bits per heavy atom. The summed E-state index contributed by atoms with van der Waals surface area (Å²) >= 11 is 4.13. The van der Waals surface area contributed by atoms with E-state index in [0.29, 0.717) is 0 Å². The van der Waals surface area contributed by atoms with Crippen LogP contribution in [0.1, 0.15) is 5.56 Å². The predicted molar refractivity (Wildman–Crippen MR) is 69.5 cm³/mol. The van der Waals surface area contributed by atoms with Gasteiger partial charge in [0.2, 0.25) is 0 Å². The summed E-state index contributed by atoms with van der Waals surface area (Å²) in [6.45, 7) is 4.30. The molecule has 0 aliphatic carbocycles. The van der Waals surface area contributed by atoms with Crippen LogP contribution in [0.4, 0.5) is 5.69 Å². The average molecular weight is 220 g/mol. The molecule has 15 heavy (non-hydrogen) atoms. The molecule has 1 aliphatic rings.